The van der Waals surface area contributed by atoms with Crippen LogP contribution in [0, 0.1) is 11.3 Å². The highest BCUT2D eigenvalue weighted by atomic mass is 16.5. The molecule has 0 aliphatic carbocycles. The summed E-state index contributed by atoms with van der Waals surface area (Å²) in [6.07, 6.45) is 0. The van der Waals surface area contributed by atoms with Gasteiger partial charge in [0, 0.05) is 11.3 Å². The van der Waals surface area contributed by atoms with Gasteiger partial charge in [-0.25, -0.2) is 0 Å². The second kappa shape index (κ2) is 7.86. The number of rotatable bonds is 5. The van der Waals surface area contributed by atoms with E-state index in [9.17, 15) is 4.79 Å². The fourth-order valence-electron chi connectivity index (χ4n) is 2.37. The van der Waals surface area contributed by atoms with Crippen LogP contribution < -0.4 is 14.8 Å². The molecule has 0 fully saturated rings. The fraction of sp³-hybridized carbons (Fsp3) is 0.0476. The lowest BCUT2D eigenvalue weighted by atomic mass is 10.1. The van der Waals surface area contributed by atoms with Gasteiger partial charge in [0.05, 0.1) is 18.7 Å². The number of ether oxygens (including phenoxy) is 2. The highest BCUT2D eigenvalue weighted by Crippen LogP contribution is 2.31. The number of nitrogens with zero attached hydrogens (tertiary/aromatic N) is 1. The summed E-state index contributed by atoms with van der Waals surface area (Å²) in [4.78, 5) is 12.3. The normalized spacial score (nSPS) is 9.85. The Balaban J connectivity index is 1.69. The van der Waals surface area contributed by atoms with Gasteiger partial charge < -0.3 is 14.8 Å². The lowest BCUT2D eigenvalue weighted by Crippen LogP contribution is -2.11. The molecule has 3 rings (SSSR count). The van der Waals surface area contributed by atoms with Crippen LogP contribution >= 0.6 is 0 Å². The summed E-state index contributed by atoms with van der Waals surface area (Å²) in [6, 6.07) is 22.9. The molecule has 5 heteroatoms. The topological polar surface area (TPSA) is 71.3 Å². The van der Waals surface area contributed by atoms with Crippen molar-refractivity contribution < 1.29 is 14.3 Å². The third kappa shape index (κ3) is 4.00. The average Bonchev–Trinajstić information content (AvgIpc) is 2.70. The van der Waals surface area contributed by atoms with E-state index in [0.29, 0.717) is 34.1 Å². The second-order valence-corrected chi connectivity index (χ2v) is 5.42. The molecular formula is C21H16N2O3. The molecule has 0 saturated heterocycles. The van der Waals surface area contributed by atoms with Gasteiger partial charge in [-0.2, -0.15) is 5.26 Å². The highest BCUT2D eigenvalue weighted by Gasteiger charge is 2.08. The molecule has 0 aliphatic rings. The Morgan fingerprint density at radius 3 is 2.38 bits per heavy atom. The molecule has 0 heterocycles. The molecule has 0 aromatic heterocycles. The number of carbonyl (C=O) groups is 1. The van der Waals surface area contributed by atoms with E-state index in [4.69, 9.17) is 14.7 Å². The number of anilines is 1. The molecule has 0 spiro atoms. The number of hydrogen-bond acceptors (Lipinski definition) is 4. The van der Waals surface area contributed by atoms with Crippen LogP contribution in [0.5, 0.6) is 17.2 Å². The van der Waals surface area contributed by atoms with Crippen molar-refractivity contribution in [2.24, 2.45) is 0 Å². The minimum atomic E-state index is -0.277. The molecular weight excluding hydrogens is 328 g/mol. The number of carbonyl (C=O) groups excluding carboxylic acids is 1. The van der Waals surface area contributed by atoms with Crippen molar-refractivity contribution in [2.75, 3.05) is 12.4 Å². The number of methoxy groups -OCH3 is 1. The lowest BCUT2D eigenvalue weighted by Gasteiger charge is -2.11. The molecule has 5 nitrogen and oxygen atoms in total. The second-order valence-electron chi connectivity index (χ2n) is 5.42. The number of nitrogens with one attached hydrogen (secondary N) is 1. The van der Waals surface area contributed by atoms with E-state index < -0.39 is 0 Å². The van der Waals surface area contributed by atoms with E-state index in [1.54, 1.807) is 55.6 Å². The molecule has 0 radical (unpaired) electrons. The number of amides is 1. The maximum atomic E-state index is 12.3. The monoisotopic (exact) mass is 344 g/mol. The smallest absolute Gasteiger partial charge is 0.255 e. The van der Waals surface area contributed by atoms with Gasteiger partial charge in [0.1, 0.15) is 5.75 Å². The molecule has 128 valence electrons. The Labute approximate surface area is 151 Å². The van der Waals surface area contributed by atoms with Crippen LogP contribution in [0.4, 0.5) is 5.69 Å². The maximum Gasteiger partial charge on any atom is 0.255 e. The van der Waals surface area contributed by atoms with Crippen LogP contribution in [0.2, 0.25) is 0 Å². The lowest BCUT2D eigenvalue weighted by molar-refractivity contribution is 0.102. The Kier molecular flexibility index (Phi) is 5.16. The van der Waals surface area contributed by atoms with Gasteiger partial charge in [-0.3, -0.25) is 4.79 Å². The van der Waals surface area contributed by atoms with E-state index in [1.165, 1.54) is 0 Å². The van der Waals surface area contributed by atoms with Crippen molar-refractivity contribution in [3.8, 4) is 23.3 Å². The van der Waals surface area contributed by atoms with Crippen molar-refractivity contribution >= 4 is 11.6 Å². The van der Waals surface area contributed by atoms with E-state index in [-0.39, 0.29) is 5.91 Å². The SMILES string of the molecule is COc1ccccc1Oc1ccc(NC(=O)c2cccc(C#N)c2)cc1. The highest BCUT2D eigenvalue weighted by molar-refractivity contribution is 6.04. The Bertz CT molecular complexity index is 959. The molecule has 0 saturated carbocycles. The minimum absolute atomic E-state index is 0.277. The summed E-state index contributed by atoms with van der Waals surface area (Å²) >= 11 is 0. The first-order valence-electron chi connectivity index (χ1n) is 7.92. The first kappa shape index (κ1) is 17.1. The van der Waals surface area contributed by atoms with Gasteiger partial charge in [0.25, 0.3) is 5.91 Å². The zero-order valence-corrected chi connectivity index (χ0v) is 14.1. The zero-order valence-electron chi connectivity index (χ0n) is 14.1. The van der Waals surface area contributed by atoms with Crippen LogP contribution in [0.25, 0.3) is 0 Å². The quantitative estimate of drug-likeness (QED) is 0.733. The van der Waals surface area contributed by atoms with Crippen LogP contribution in [0.3, 0.4) is 0 Å². The summed E-state index contributed by atoms with van der Waals surface area (Å²) in [5.41, 5.74) is 1.50. The number of para-hydroxylation sites is 2. The number of nitriles is 1. The van der Waals surface area contributed by atoms with Crippen LogP contribution in [0.1, 0.15) is 15.9 Å². The Morgan fingerprint density at radius 1 is 0.962 bits per heavy atom. The van der Waals surface area contributed by atoms with Gasteiger partial charge >= 0.3 is 0 Å². The first-order valence-corrected chi connectivity index (χ1v) is 7.92. The van der Waals surface area contributed by atoms with E-state index in [0.717, 1.165) is 0 Å². The summed E-state index contributed by atoms with van der Waals surface area (Å²) in [7, 11) is 1.59. The molecule has 0 bridgehead atoms. The van der Waals surface area contributed by atoms with Gasteiger partial charge in [-0.15, -0.1) is 0 Å². The predicted molar refractivity (Wildman–Crippen MR) is 98.6 cm³/mol. The first-order chi connectivity index (χ1) is 12.7. The van der Waals surface area contributed by atoms with Crippen LogP contribution in [-0.4, -0.2) is 13.0 Å². The summed E-state index contributed by atoms with van der Waals surface area (Å²) < 4.78 is 11.1. The van der Waals surface area contributed by atoms with Crippen molar-refractivity contribution in [1.82, 2.24) is 0 Å². The van der Waals surface area contributed by atoms with Crippen molar-refractivity contribution in [1.29, 1.82) is 5.26 Å². The molecule has 3 aromatic rings. The van der Waals surface area contributed by atoms with Crippen LogP contribution in [0.15, 0.2) is 72.8 Å². The van der Waals surface area contributed by atoms with Crippen molar-refractivity contribution in [2.45, 2.75) is 0 Å². The summed E-state index contributed by atoms with van der Waals surface area (Å²) in [5.74, 6) is 1.60. The summed E-state index contributed by atoms with van der Waals surface area (Å²) in [5, 5.41) is 11.7. The third-order valence-electron chi connectivity index (χ3n) is 3.66. The Hall–Kier alpha value is -3.78. The standard InChI is InChI=1S/C21H16N2O3/c1-25-19-7-2-3-8-20(19)26-18-11-9-17(10-12-18)23-21(24)16-6-4-5-15(13-16)14-22/h2-13H,1H3,(H,23,24). The molecule has 1 amide bonds. The van der Waals surface area contributed by atoms with Gasteiger partial charge in [0.15, 0.2) is 11.5 Å². The number of benzene rings is 3. The predicted octanol–water partition coefficient (Wildman–Crippen LogP) is 4.61. The Morgan fingerprint density at radius 2 is 1.69 bits per heavy atom. The largest absolute Gasteiger partial charge is 0.493 e. The molecule has 3 aromatic carbocycles. The van der Waals surface area contributed by atoms with E-state index in [2.05, 4.69) is 5.32 Å². The molecule has 26 heavy (non-hydrogen) atoms. The van der Waals surface area contributed by atoms with Gasteiger partial charge in [-0.1, -0.05) is 18.2 Å². The van der Waals surface area contributed by atoms with E-state index in [1.807, 2.05) is 30.3 Å². The number of hydrogen-bond donors (Lipinski definition) is 1. The maximum absolute atomic E-state index is 12.3. The van der Waals surface area contributed by atoms with Crippen LogP contribution in [-0.2, 0) is 0 Å². The minimum Gasteiger partial charge on any atom is -0.493 e. The third-order valence-corrected chi connectivity index (χ3v) is 3.66. The van der Waals surface area contributed by atoms with Gasteiger partial charge in [0.2, 0.25) is 0 Å². The van der Waals surface area contributed by atoms with Crippen molar-refractivity contribution in [3.63, 3.8) is 0 Å². The summed E-state index contributed by atoms with van der Waals surface area (Å²) in [6.45, 7) is 0. The molecule has 1 N–H and O–H groups in total. The molecule has 0 unspecified atom stereocenters. The van der Waals surface area contributed by atoms with Gasteiger partial charge in [-0.05, 0) is 54.6 Å². The molecule has 0 atom stereocenters. The van der Waals surface area contributed by atoms with Crippen molar-refractivity contribution in [3.05, 3.63) is 83.9 Å². The fourth-order valence-corrected chi connectivity index (χ4v) is 2.37. The average molecular weight is 344 g/mol. The van der Waals surface area contributed by atoms with E-state index >= 15 is 0 Å². The molecule has 0 aliphatic heterocycles. The zero-order chi connectivity index (χ0) is 18.4.